The molecule has 1 aromatic carbocycles. The van der Waals surface area contributed by atoms with Gasteiger partial charge in [-0.25, -0.2) is 4.98 Å². The Morgan fingerprint density at radius 2 is 1.95 bits per heavy atom. The van der Waals surface area contributed by atoms with Crippen molar-refractivity contribution in [2.24, 2.45) is 0 Å². The van der Waals surface area contributed by atoms with Crippen molar-refractivity contribution >= 4 is 5.82 Å². The summed E-state index contributed by atoms with van der Waals surface area (Å²) < 4.78 is 0. The Labute approximate surface area is 113 Å². The molecule has 0 aliphatic rings. The predicted octanol–water partition coefficient (Wildman–Crippen LogP) is 3.22. The molecule has 0 fully saturated rings. The van der Waals surface area contributed by atoms with E-state index in [2.05, 4.69) is 35.4 Å². The first-order valence-electron chi connectivity index (χ1n) is 6.36. The summed E-state index contributed by atoms with van der Waals surface area (Å²) in [6.07, 6.45) is 2.65. The van der Waals surface area contributed by atoms with Crippen LogP contribution in [0.25, 0.3) is 0 Å². The zero-order valence-corrected chi connectivity index (χ0v) is 11.3. The fourth-order valence-corrected chi connectivity index (χ4v) is 2.04. The monoisotopic (exact) mass is 251 g/mol. The molecule has 3 nitrogen and oxygen atoms in total. The van der Waals surface area contributed by atoms with E-state index in [1.807, 2.05) is 25.1 Å². The van der Waals surface area contributed by atoms with E-state index in [4.69, 9.17) is 5.26 Å². The van der Waals surface area contributed by atoms with Crippen molar-refractivity contribution in [2.45, 2.75) is 20.3 Å². The minimum absolute atomic E-state index is 0.632. The summed E-state index contributed by atoms with van der Waals surface area (Å²) in [7, 11) is 0. The lowest BCUT2D eigenvalue weighted by Crippen LogP contribution is -2.09. The van der Waals surface area contributed by atoms with E-state index in [0.29, 0.717) is 11.4 Å². The maximum absolute atomic E-state index is 9.13. The van der Waals surface area contributed by atoms with Gasteiger partial charge in [-0.05, 0) is 43.0 Å². The zero-order valence-electron chi connectivity index (χ0n) is 11.3. The minimum Gasteiger partial charge on any atom is -0.369 e. The molecule has 1 aromatic heterocycles. The van der Waals surface area contributed by atoms with Crippen LogP contribution >= 0.6 is 0 Å². The quantitative estimate of drug-likeness (QED) is 0.907. The zero-order chi connectivity index (χ0) is 13.7. The molecule has 3 heteroatoms. The van der Waals surface area contributed by atoms with Crippen LogP contribution in [0.4, 0.5) is 5.82 Å². The highest BCUT2D eigenvalue weighted by atomic mass is 15.0. The standard InChI is InChI=1S/C16H17N3/c1-12-5-3-4-6-14(12)8-10-19-16-15(11-17)13(2)7-9-18-16/h3-7,9H,8,10H2,1-2H3,(H,18,19). The summed E-state index contributed by atoms with van der Waals surface area (Å²) in [6, 6.07) is 12.4. The number of pyridine rings is 1. The van der Waals surface area contributed by atoms with Gasteiger partial charge in [-0.3, -0.25) is 0 Å². The highest BCUT2D eigenvalue weighted by molar-refractivity contribution is 5.55. The van der Waals surface area contributed by atoms with Crippen LogP contribution in [0.3, 0.4) is 0 Å². The van der Waals surface area contributed by atoms with Gasteiger partial charge in [0.2, 0.25) is 0 Å². The molecule has 0 aliphatic carbocycles. The number of aromatic nitrogens is 1. The van der Waals surface area contributed by atoms with Gasteiger partial charge in [0.05, 0.1) is 5.56 Å². The lowest BCUT2D eigenvalue weighted by Gasteiger charge is -2.09. The summed E-state index contributed by atoms with van der Waals surface area (Å²) in [6.45, 7) is 4.81. The van der Waals surface area contributed by atoms with Gasteiger partial charge in [-0.1, -0.05) is 24.3 Å². The molecule has 0 radical (unpaired) electrons. The van der Waals surface area contributed by atoms with E-state index in [9.17, 15) is 0 Å². The number of hydrogen-bond acceptors (Lipinski definition) is 3. The molecule has 19 heavy (non-hydrogen) atoms. The maximum Gasteiger partial charge on any atom is 0.144 e. The van der Waals surface area contributed by atoms with Gasteiger partial charge >= 0.3 is 0 Å². The number of nitrogens with one attached hydrogen (secondary N) is 1. The molecule has 96 valence electrons. The third-order valence-corrected chi connectivity index (χ3v) is 3.22. The molecule has 1 N–H and O–H groups in total. The number of nitrogens with zero attached hydrogens (tertiary/aromatic N) is 2. The summed E-state index contributed by atoms with van der Waals surface area (Å²) in [5.74, 6) is 0.677. The van der Waals surface area contributed by atoms with E-state index >= 15 is 0 Å². The Balaban J connectivity index is 2.03. The number of rotatable bonds is 4. The fraction of sp³-hybridized carbons (Fsp3) is 0.250. The van der Waals surface area contributed by atoms with Crippen molar-refractivity contribution in [1.29, 1.82) is 5.26 Å². The van der Waals surface area contributed by atoms with Gasteiger partial charge in [-0.15, -0.1) is 0 Å². The Morgan fingerprint density at radius 1 is 1.16 bits per heavy atom. The van der Waals surface area contributed by atoms with Crippen molar-refractivity contribution in [3.05, 3.63) is 58.8 Å². The van der Waals surface area contributed by atoms with Crippen LogP contribution in [0, 0.1) is 25.2 Å². The lowest BCUT2D eigenvalue weighted by atomic mass is 10.1. The summed E-state index contributed by atoms with van der Waals surface area (Å²) in [5, 5.41) is 12.4. The highest BCUT2D eigenvalue weighted by Gasteiger charge is 2.05. The van der Waals surface area contributed by atoms with Crippen LogP contribution in [-0.4, -0.2) is 11.5 Å². The van der Waals surface area contributed by atoms with Crippen LogP contribution in [0.2, 0.25) is 0 Å². The molecular formula is C16H17N3. The fourth-order valence-electron chi connectivity index (χ4n) is 2.04. The molecule has 0 aliphatic heterocycles. The van der Waals surface area contributed by atoms with Gasteiger partial charge in [0.25, 0.3) is 0 Å². The molecule has 0 saturated heterocycles. The van der Waals surface area contributed by atoms with E-state index < -0.39 is 0 Å². The molecule has 0 amide bonds. The SMILES string of the molecule is Cc1ccccc1CCNc1nccc(C)c1C#N. The van der Waals surface area contributed by atoms with Crippen molar-refractivity contribution in [1.82, 2.24) is 4.98 Å². The summed E-state index contributed by atoms with van der Waals surface area (Å²) >= 11 is 0. The second-order valence-electron chi connectivity index (χ2n) is 4.57. The van der Waals surface area contributed by atoms with Gasteiger partial charge in [0, 0.05) is 12.7 Å². The Kier molecular flexibility index (Phi) is 4.15. The van der Waals surface area contributed by atoms with Crippen molar-refractivity contribution in [3.63, 3.8) is 0 Å². The number of benzene rings is 1. The second kappa shape index (κ2) is 6.01. The van der Waals surface area contributed by atoms with Crippen LogP contribution in [0.5, 0.6) is 0 Å². The van der Waals surface area contributed by atoms with Gasteiger partial charge in [0.15, 0.2) is 0 Å². The van der Waals surface area contributed by atoms with E-state index in [1.54, 1.807) is 6.20 Å². The normalized spacial score (nSPS) is 9.95. The Morgan fingerprint density at radius 3 is 2.68 bits per heavy atom. The first kappa shape index (κ1) is 13.1. The molecular weight excluding hydrogens is 234 g/mol. The minimum atomic E-state index is 0.632. The summed E-state index contributed by atoms with van der Waals surface area (Å²) in [4.78, 5) is 4.23. The van der Waals surface area contributed by atoms with Crippen LogP contribution < -0.4 is 5.32 Å². The highest BCUT2D eigenvalue weighted by Crippen LogP contribution is 2.15. The molecule has 0 atom stereocenters. The maximum atomic E-state index is 9.13. The molecule has 0 unspecified atom stereocenters. The van der Waals surface area contributed by atoms with Crippen LogP contribution in [0.15, 0.2) is 36.5 Å². The van der Waals surface area contributed by atoms with Gasteiger partial charge in [-0.2, -0.15) is 5.26 Å². The average molecular weight is 251 g/mol. The first-order chi connectivity index (χ1) is 9.22. The van der Waals surface area contributed by atoms with Crippen LogP contribution in [0.1, 0.15) is 22.3 Å². The Hall–Kier alpha value is -2.34. The van der Waals surface area contributed by atoms with Crippen molar-refractivity contribution in [3.8, 4) is 6.07 Å². The third-order valence-electron chi connectivity index (χ3n) is 3.22. The number of aryl methyl sites for hydroxylation is 2. The smallest absolute Gasteiger partial charge is 0.144 e. The largest absolute Gasteiger partial charge is 0.369 e. The van der Waals surface area contributed by atoms with E-state index in [-0.39, 0.29) is 0 Å². The molecule has 2 aromatic rings. The topological polar surface area (TPSA) is 48.7 Å². The average Bonchev–Trinajstić information content (AvgIpc) is 2.41. The van der Waals surface area contributed by atoms with Crippen molar-refractivity contribution < 1.29 is 0 Å². The number of anilines is 1. The lowest BCUT2D eigenvalue weighted by molar-refractivity contribution is 0.990. The van der Waals surface area contributed by atoms with Crippen molar-refractivity contribution in [2.75, 3.05) is 11.9 Å². The van der Waals surface area contributed by atoms with E-state index in [0.717, 1.165) is 18.5 Å². The molecule has 1 heterocycles. The molecule has 0 spiro atoms. The number of nitriles is 1. The van der Waals surface area contributed by atoms with Gasteiger partial charge < -0.3 is 5.32 Å². The Bertz CT molecular complexity index is 612. The molecule has 0 bridgehead atoms. The third kappa shape index (κ3) is 3.11. The van der Waals surface area contributed by atoms with E-state index in [1.165, 1.54) is 11.1 Å². The van der Waals surface area contributed by atoms with Gasteiger partial charge in [0.1, 0.15) is 11.9 Å². The summed E-state index contributed by atoms with van der Waals surface area (Å²) in [5.41, 5.74) is 4.20. The second-order valence-corrected chi connectivity index (χ2v) is 4.57. The first-order valence-corrected chi connectivity index (χ1v) is 6.36. The predicted molar refractivity (Wildman–Crippen MR) is 77.1 cm³/mol. The number of hydrogen-bond donors (Lipinski definition) is 1. The molecule has 2 rings (SSSR count). The van der Waals surface area contributed by atoms with Crippen LogP contribution in [-0.2, 0) is 6.42 Å². The molecule has 0 saturated carbocycles.